The van der Waals surface area contributed by atoms with Gasteiger partial charge < -0.3 is 24.4 Å². The molecule has 7 nitrogen and oxygen atoms in total. The summed E-state index contributed by atoms with van der Waals surface area (Å²) in [4.78, 5) is 19.6. The molecule has 2 aromatic carbocycles. The maximum Gasteiger partial charge on any atom is 0.255 e. The zero-order valence-electron chi connectivity index (χ0n) is 15.7. The smallest absolute Gasteiger partial charge is 0.255 e. The van der Waals surface area contributed by atoms with Crippen molar-refractivity contribution in [3.05, 3.63) is 42.0 Å². The number of amides is 1. The van der Waals surface area contributed by atoms with Crippen LogP contribution in [0.15, 0.2) is 36.4 Å². The van der Waals surface area contributed by atoms with Crippen LogP contribution in [0, 0.1) is 0 Å². The molecule has 0 bridgehead atoms. The SMILES string of the molecule is COc1cc(OC)cc(C(=O)Nc2ccc3nc(N4CCOCC4)sc3c2)c1. The molecule has 3 aromatic rings. The molecule has 0 atom stereocenters. The Morgan fingerprint density at radius 2 is 1.82 bits per heavy atom. The van der Waals surface area contributed by atoms with Crippen molar-refractivity contribution in [1.29, 1.82) is 0 Å². The number of ether oxygens (including phenoxy) is 3. The molecule has 0 spiro atoms. The molecule has 0 unspecified atom stereocenters. The van der Waals surface area contributed by atoms with E-state index in [9.17, 15) is 4.79 Å². The average Bonchev–Trinajstić information content (AvgIpc) is 3.17. The molecular formula is C20H21N3O4S. The second kappa shape index (κ2) is 8.04. The van der Waals surface area contributed by atoms with Crippen LogP contribution in [-0.4, -0.2) is 51.4 Å². The maximum atomic E-state index is 12.7. The van der Waals surface area contributed by atoms with Crippen molar-refractivity contribution >= 4 is 38.3 Å². The van der Waals surface area contributed by atoms with Gasteiger partial charge in [-0.2, -0.15) is 0 Å². The summed E-state index contributed by atoms with van der Waals surface area (Å²) in [7, 11) is 3.11. The van der Waals surface area contributed by atoms with E-state index in [4.69, 9.17) is 19.2 Å². The van der Waals surface area contributed by atoms with Crippen LogP contribution >= 0.6 is 11.3 Å². The standard InChI is InChI=1S/C20H21N3O4S/c1-25-15-9-13(10-16(12-15)26-2)19(24)21-14-3-4-17-18(11-14)28-20(22-17)23-5-7-27-8-6-23/h3-4,9-12H,5-8H2,1-2H3,(H,21,24). The molecule has 1 aliphatic rings. The molecule has 8 heteroatoms. The van der Waals surface area contributed by atoms with E-state index in [1.807, 2.05) is 18.2 Å². The van der Waals surface area contributed by atoms with Gasteiger partial charge in [-0.1, -0.05) is 11.3 Å². The van der Waals surface area contributed by atoms with E-state index in [2.05, 4.69) is 10.2 Å². The molecular weight excluding hydrogens is 378 g/mol. The number of carbonyl (C=O) groups is 1. The van der Waals surface area contributed by atoms with Gasteiger partial charge in [-0.05, 0) is 30.3 Å². The van der Waals surface area contributed by atoms with E-state index >= 15 is 0 Å². The number of nitrogens with one attached hydrogen (secondary N) is 1. The van der Waals surface area contributed by atoms with Gasteiger partial charge in [0.1, 0.15) is 11.5 Å². The monoisotopic (exact) mass is 399 g/mol. The summed E-state index contributed by atoms with van der Waals surface area (Å²) < 4.78 is 16.9. The third-order valence-corrected chi connectivity index (χ3v) is 5.61. The fourth-order valence-electron chi connectivity index (χ4n) is 3.02. The Morgan fingerprint density at radius 1 is 1.11 bits per heavy atom. The first-order valence-electron chi connectivity index (χ1n) is 8.94. The second-order valence-electron chi connectivity index (χ2n) is 6.33. The normalized spacial score (nSPS) is 14.1. The summed E-state index contributed by atoms with van der Waals surface area (Å²) in [6.07, 6.45) is 0. The Kier molecular flexibility index (Phi) is 5.31. The number of rotatable bonds is 5. The van der Waals surface area contributed by atoms with Crippen LogP contribution in [0.5, 0.6) is 11.5 Å². The van der Waals surface area contributed by atoms with Gasteiger partial charge in [-0.3, -0.25) is 4.79 Å². The molecule has 146 valence electrons. The van der Waals surface area contributed by atoms with Crippen LogP contribution < -0.4 is 19.7 Å². The van der Waals surface area contributed by atoms with Crippen molar-refractivity contribution < 1.29 is 19.0 Å². The first kappa shape index (κ1) is 18.5. The summed E-state index contributed by atoms with van der Waals surface area (Å²) in [6.45, 7) is 3.14. The van der Waals surface area contributed by atoms with Gasteiger partial charge >= 0.3 is 0 Å². The fraction of sp³-hybridized carbons (Fsp3) is 0.300. The molecule has 1 saturated heterocycles. The lowest BCUT2D eigenvalue weighted by Crippen LogP contribution is -2.36. The first-order chi connectivity index (χ1) is 13.7. The average molecular weight is 399 g/mol. The lowest BCUT2D eigenvalue weighted by Gasteiger charge is -2.25. The number of benzene rings is 2. The summed E-state index contributed by atoms with van der Waals surface area (Å²) >= 11 is 1.62. The van der Waals surface area contributed by atoms with Gasteiger partial charge in [0, 0.05) is 30.4 Å². The quantitative estimate of drug-likeness (QED) is 0.709. The predicted molar refractivity (Wildman–Crippen MR) is 110 cm³/mol. The Morgan fingerprint density at radius 3 is 2.50 bits per heavy atom. The zero-order valence-corrected chi connectivity index (χ0v) is 16.5. The van der Waals surface area contributed by atoms with Crippen LogP contribution in [0.2, 0.25) is 0 Å². The number of carbonyl (C=O) groups excluding carboxylic acids is 1. The van der Waals surface area contributed by atoms with Crippen molar-refractivity contribution in [1.82, 2.24) is 4.98 Å². The predicted octanol–water partition coefficient (Wildman–Crippen LogP) is 3.40. The molecule has 28 heavy (non-hydrogen) atoms. The molecule has 1 aliphatic heterocycles. The third kappa shape index (κ3) is 3.88. The van der Waals surface area contributed by atoms with E-state index in [-0.39, 0.29) is 5.91 Å². The number of methoxy groups -OCH3 is 2. The van der Waals surface area contributed by atoms with Gasteiger partial charge in [0.2, 0.25) is 0 Å². The zero-order chi connectivity index (χ0) is 19.5. The fourth-order valence-corrected chi connectivity index (χ4v) is 4.08. The summed E-state index contributed by atoms with van der Waals surface area (Å²) in [5.41, 5.74) is 2.11. The molecule has 1 aromatic heterocycles. The number of nitrogens with zero attached hydrogens (tertiary/aromatic N) is 2. The van der Waals surface area contributed by atoms with E-state index in [1.165, 1.54) is 0 Å². The largest absolute Gasteiger partial charge is 0.497 e. The Hall–Kier alpha value is -2.84. The summed E-state index contributed by atoms with van der Waals surface area (Å²) in [5, 5.41) is 3.92. The Balaban J connectivity index is 1.55. The van der Waals surface area contributed by atoms with Crippen LogP contribution in [0.25, 0.3) is 10.2 Å². The highest BCUT2D eigenvalue weighted by Crippen LogP contribution is 2.31. The van der Waals surface area contributed by atoms with Crippen molar-refractivity contribution in [2.45, 2.75) is 0 Å². The second-order valence-corrected chi connectivity index (χ2v) is 7.34. The molecule has 1 N–H and O–H groups in total. The van der Waals surface area contributed by atoms with Gasteiger partial charge in [-0.15, -0.1) is 0 Å². The van der Waals surface area contributed by atoms with Gasteiger partial charge in [0.15, 0.2) is 5.13 Å². The highest BCUT2D eigenvalue weighted by Gasteiger charge is 2.16. The third-order valence-electron chi connectivity index (χ3n) is 4.53. The number of fused-ring (bicyclic) bond motifs is 1. The highest BCUT2D eigenvalue weighted by atomic mass is 32.1. The highest BCUT2D eigenvalue weighted by molar-refractivity contribution is 7.22. The molecule has 2 heterocycles. The van der Waals surface area contributed by atoms with E-state index < -0.39 is 0 Å². The molecule has 4 rings (SSSR count). The minimum absolute atomic E-state index is 0.227. The molecule has 0 radical (unpaired) electrons. The Labute approximate surface area is 166 Å². The lowest BCUT2D eigenvalue weighted by atomic mass is 10.1. The number of thiazole rings is 1. The molecule has 1 amide bonds. The van der Waals surface area contributed by atoms with Crippen LogP contribution in [0.1, 0.15) is 10.4 Å². The van der Waals surface area contributed by atoms with Gasteiger partial charge in [0.25, 0.3) is 5.91 Å². The van der Waals surface area contributed by atoms with Crippen molar-refractivity contribution in [2.24, 2.45) is 0 Å². The lowest BCUT2D eigenvalue weighted by molar-refractivity contribution is 0.102. The van der Waals surface area contributed by atoms with Crippen molar-refractivity contribution in [3.63, 3.8) is 0 Å². The van der Waals surface area contributed by atoms with Crippen LogP contribution in [-0.2, 0) is 4.74 Å². The van der Waals surface area contributed by atoms with E-state index in [0.29, 0.717) is 17.1 Å². The number of morpholine rings is 1. The van der Waals surface area contributed by atoms with Crippen molar-refractivity contribution in [2.75, 3.05) is 50.7 Å². The maximum absolute atomic E-state index is 12.7. The molecule has 0 aliphatic carbocycles. The first-order valence-corrected chi connectivity index (χ1v) is 9.75. The summed E-state index contributed by atoms with van der Waals surface area (Å²) in [5.74, 6) is 0.907. The minimum Gasteiger partial charge on any atom is -0.497 e. The number of hydrogen-bond donors (Lipinski definition) is 1. The van der Waals surface area contributed by atoms with E-state index in [0.717, 1.165) is 47.3 Å². The van der Waals surface area contributed by atoms with Crippen LogP contribution in [0.4, 0.5) is 10.8 Å². The van der Waals surface area contributed by atoms with Crippen molar-refractivity contribution in [3.8, 4) is 11.5 Å². The summed E-state index contributed by atoms with van der Waals surface area (Å²) in [6, 6.07) is 10.8. The minimum atomic E-state index is -0.227. The van der Waals surface area contributed by atoms with Gasteiger partial charge in [-0.25, -0.2) is 4.98 Å². The molecule has 0 saturated carbocycles. The topological polar surface area (TPSA) is 72.9 Å². The molecule has 1 fully saturated rings. The number of hydrogen-bond acceptors (Lipinski definition) is 7. The van der Waals surface area contributed by atoms with E-state index in [1.54, 1.807) is 43.8 Å². The van der Waals surface area contributed by atoms with Crippen LogP contribution in [0.3, 0.4) is 0 Å². The van der Waals surface area contributed by atoms with Gasteiger partial charge in [0.05, 0.1) is 37.6 Å². The number of anilines is 2. The number of aromatic nitrogens is 1. The Bertz CT molecular complexity index is 976.